The zero-order valence-electron chi connectivity index (χ0n) is 11.0. The van der Waals surface area contributed by atoms with Gasteiger partial charge in [-0.25, -0.2) is 0 Å². The minimum absolute atomic E-state index is 0.197. The van der Waals surface area contributed by atoms with Crippen LogP contribution in [0.2, 0.25) is 0 Å². The fourth-order valence-corrected chi connectivity index (χ4v) is 3.28. The minimum Gasteiger partial charge on any atom is -0.493 e. The van der Waals surface area contributed by atoms with Gasteiger partial charge in [-0.15, -0.1) is 0 Å². The summed E-state index contributed by atoms with van der Waals surface area (Å²) in [5, 5.41) is 10.1. The summed E-state index contributed by atoms with van der Waals surface area (Å²) in [7, 11) is 0. The van der Waals surface area contributed by atoms with E-state index < -0.39 is 0 Å². The minimum atomic E-state index is -0.197. The second-order valence-electron chi connectivity index (χ2n) is 4.84. The lowest BCUT2D eigenvalue weighted by molar-refractivity contribution is 0.164. The number of hydrogen-bond donors (Lipinski definition) is 1. The van der Waals surface area contributed by atoms with Gasteiger partial charge in [0.15, 0.2) is 0 Å². The Labute approximate surface area is 114 Å². The normalized spacial score (nSPS) is 20.0. The summed E-state index contributed by atoms with van der Waals surface area (Å²) < 4.78 is 5.65. The van der Waals surface area contributed by atoms with E-state index in [0.29, 0.717) is 5.92 Å². The molecule has 0 amide bonds. The molecule has 1 N–H and O–H groups in total. The number of ether oxygens (including phenoxy) is 1. The van der Waals surface area contributed by atoms with Crippen LogP contribution in [0.4, 0.5) is 0 Å². The summed E-state index contributed by atoms with van der Waals surface area (Å²) in [6, 6.07) is 8.22. The van der Waals surface area contributed by atoms with Crippen LogP contribution in [0.3, 0.4) is 0 Å². The van der Waals surface area contributed by atoms with Gasteiger partial charge in [-0.2, -0.15) is 11.8 Å². The maximum atomic E-state index is 10.1. The van der Waals surface area contributed by atoms with Crippen molar-refractivity contribution in [2.24, 2.45) is 0 Å². The lowest BCUT2D eigenvalue weighted by Crippen LogP contribution is -2.20. The van der Waals surface area contributed by atoms with E-state index in [2.05, 4.69) is 19.1 Å². The van der Waals surface area contributed by atoms with Crippen LogP contribution in [0.1, 0.15) is 37.7 Å². The maximum absolute atomic E-state index is 10.1. The van der Waals surface area contributed by atoms with Crippen LogP contribution in [-0.2, 0) is 0 Å². The second-order valence-corrected chi connectivity index (χ2v) is 5.99. The van der Waals surface area contributed by atoms with Gasteiger partial charge in [-0.05, 0) is 42.6 Å². The maximum Gasteiger partial charge on any atom is 0.122 e. The molecule has 0 saturated heterocycles. The molecule has 1 heterocycles. The van der Waals surface area contributed by atoms with Crippen molar-refractivity contribution in [3.8, 4) is 5.75 Å². The van der Waals surface area contributed by atoms with Crippen molar-refractivity contribution in [2.75, 3.05) is 18.1 Å². The van der Waals surface area contributed by atoms with Gasteiger partial charge in [-0.3, -0.25) is 0 Å². The van der Waals surface area contributed by atoms with E-state index in [4.69, 9.17) is 4.74 Å². The van der Waals surface area contributed by atoms with E-state index in [-0.39, 0.29) is 6.10 Å². The first-order valence-electron chi connectivity index (χ1n) is 6.78. The SMILES string of the molecule is CCCSCC(O)CC1CCOc2ccccc21. The van der Waals surface area contributed by atoms with Gasteiger partial charge in [0, 0.05) is 5.75 Å². The fourth-order valence-electron chi connectivity index (χ4n) is 2.42. The Kier molecular flexibility index (Phi) is 5.39. The number of benzene rings is 1. The molecule has 3 heteroatoms. The van der Waals surface area contributed by atoms with E-state index in [1.165, 1.54) is 12.0 Å². The molecule has 0 aromatic heterocycles. The van der Waals surface area contributed by atoms with Crippen molar-refractivity contribution in [2.45, 2.75) is 38.2 Å². The van der Waals surface area contributed by atoms with Gasteiger partial charge < -0.3 is 9.84 Å². The third-order valence-corrected chi connectivity index (χ3v) is 4.62. The number of hydrogen-bond acceptors (Lipinski definition) is 3. The standard InChI is InChI=1S/C15H22O2S/c1-2-9-18-11-13(16)10-12-7-8-17-15-6-4-3-5-14(12)15/h3-6,12-13,16H,2,7-11H2,1H3. The third kappa shape index (κ3) is 3.66. The molecular formula is C15H22O2S. The molecule has 1 aromatic carbocycles. The highest BCUT2D eigenvalue weighted by atomic mass is 32.2. The average molecular weight is 266 g/mol. The zero-order valence-corrected chi connectivity index (χ0v) is 11.8. The molecule has 0 fully saturated rings. The van der Waals surface area contributed by atoms with Crippen LogP contribution >= 0.6 is 11.8 Å². The van der Waals surface area contributed by atoms with Crippen molar-refractivity contribution in [3.05, 3.63) is 29.8 Å². The van der Waals surface area contributed by atoms with E-state index >= 15 is 0 Å². The van der Waals surface area contributed by atoms with Crippen LogP contribution in [0.15, 0.2) is 24.3 Å². The van der Waals surface area contributed by atoms with Gasteiger partial charge in [0.25, 0.3) is 0 Å². The summed E-state index contributed by atoms with van der Waals surface area (Å²) >= 11 is 1.85. The predicted molar refractivity (Wildman–Crippen MR) is 77.5 cm³/mol. The molecule has 1 aliphatic rings. The van der Waals surface area contributed by atoms with Crippen LogP contribution in [0.5, 0.6) is 5.75 Å². The van der Waals surface area contributed by atoms with Gasteiger partial charge in [0.1, 0.15) is 5.75 Å². The quantitative estimate of drug-likeness (QED) is 0.800. The number of rotatable bonds is 6. The molecule has 100 valence electrons. The Balaban J connectivity index is 1.90. The number of aliphatic hydroxyl groups excluding tert-OH is 1. The first-order chi connectivity index (χ1) is 8.81. The predicted octanol–water partition coefficient (Wildman–Crippen LogP) is 3.45. The molecule has 2 nitrogen and oxygen atoms in total. The lowest BCUT2D eigenvalue weighted by Gasteiger charge is -2.27. The summed E-state index contributed by atoms with van der Waals surface area (Å²) in [4.78, 5) is 0. The van der Waals surface area contributed by atoms with Crippen LogP contribution < -0.4 is 4.74 Å². The van der Waals surface area contributed by atoms with Crippen LogP contribution in [-0.4, -0.2) is 29.3 Å². The number of thioether (sulfide) groups is 1. The van der Waals surface area contributed by atoms with Crippen molar-refractivity contribution in [1.29, 1.82) is 0 Å². The summed E-state index contributed by atoms with van der Waals surface area (Å²) in [5.74, 6) is 3.45. The molecule has 0 bridgehead atoms. The highest BCUT2D eigenvalue weighted by Gasteiger charge is 2.23. The molecule has 1 aliphatic heterocycles. The Hall–Kier alpha value is -0.670. The van der Waals surface area contributed by atoms with E-state index in [9.17, 15) is 5.11 Å². The lowest BCUT2D eigenvalue weighted by atomic mass is 9.88. The Morgan fingerprint density at radius 3 is 3.11 bits per heavy atom. The number of aliphatic hydroxyl groups is 1. The van der Waals surface area contributed by atoms with Crippen molar-refractivity contribution in [1.82, 2.24) is 0 Å². The monoisotopic (exact) mass is 266 g/mol. The fraction of sp³-hybridized carbons (Fsp3) is 0.600. The average Bonchev–Trinajstić information content (AvgIpc) is 2.39. The van der Waals surface area contributed by atoms with E-state index in [1.54, 1.807) is 0 Å². The molecule has 0 aliphatic carbocycles. The highest BCUT2D eigenvalue weighted by molar-refractivity contribution is 7.99. The first kappa shape index (κ1) is 13.8. The van der Waals surface area contributed by atoms with Crippen LogP contribution in [0.25, 0.3) is 0 Å². The van der Waals surface area contributed by atoms with E-state index in [1.807, 2.05) is 23.9 Å². The smallest absolute Gasteiger partial charge is 0.122 e. The molecule has 18 heavy (non-hydrogen) atoms. The van der Waals surface area contributed by atoms with Gasteiger partial charge in [0.05, 0.1) is 12.7 Å². The highest BCUT2D eigenvalue weighted by Crippen LogP contribution is 2.36. The van der Waals surface area contributed by atoms with Gasteiger partial charge >= 0.3 is 0 Å². The molecule has 2 rings (SSSR count). The summed E-state index contributed by atoms with van der Waals surface area (Å²) in [6.07, 6.45) is 2.86. The van der Waals surface area contributed by atoms with Crippen molar-refractivity contribution >= 4 is 11.8 Å². The van der Waals surface area contributed by atoms with Gasteiger partial charge in [0.2, 0.25) is 0 Å². The number of fused-ring (bicyclic) bond motifs is 1. The first-order valence-corrected chi connectivity index (χ1v) is 7.94. The summed E-state index contributed by atoms with van der Waals surface area (Å²) in [6.45, 7) is 2.95. The van der Waals surface area contributed by atoms with Crippen molar-refractivity contribution < 1.29 is 9.84 Å². The molecule has 1 aromatic rings. The topological polar surface area (TPSA) is 29.5 Å². The second kappa shape index (κ2) is 7.05. The Morgan fingerprint density at radius 1 is 1.44 bits per heavy atom. The zero-order chi connectivity index (χ0) is 12.8. The molecule has 0 spiro atoms. The largest absolute Gasteiger partial charge is 0.493 e. The molecule has 0 radical (unpaired) electrons. The van der Waals surface area contributed by atoms with E-state index in [0.717, 1.165) is 36.7 Å². The molecule has 0 saturated carbocycles. The Morgan fingerprint density at radius 2 is 2.28 bits per heavy atom. The third-order valence-electron chi connectivity index (χ3n) is 3.30. The van der Waals surface area contributed by atoms with Crippen LogP contribution in [0, 0.1) is 0 Å². The summed E-state index contributed by atoms with van der Waals surface area (Å²) in [5.41, 5.74) is 1.27. The Bertz CT molecular complexity index is 367. The number of para-hydroxylation sites is 1. The molecule has 2 unspecified atom stereocenters. The van der Waals surface area contributed by atoms with Gasteiger partial charge in [-0.1, -0.05) is 25.1 Å². The van der Waals surface area contributed by atoms with Crippen molar-refractivity contribution in [3.63, 3.8) is 0 Å². The molecule has 2 atom stereocenters. The molecular weight excluding hydrogens is 244 g/mol.